The molecule has 0 atom stereocenters. The lowest BCUT2D eigenvalue weighted by molar-refractivity contribution is -0.123. The lowest BCUT2D eigenvalue weighted by Gasteiger charge is -2.28. The average molecular weight is 453 g/mol. The molecule has 0 spiro atoms. The van der Waals surface area contributed by atoms with Gasteiger partial charge in [0, 0.05) is 11.8 Å². The number of nitrogens with two attached hydrogens (primary N) is 2. The maximum Gasteiger partial charge on any atom is 0.244 e. The van der Waals surface area contributed by atoms with Crippen molar-refractivity contribution < 1.29 is 4.79 Å². The standard InChI is InChI=1S/C13H18N2O.C13H18N2S/c2*14-15(12-9-5-2-6-10-12)13(16)11-7-3-1-4-8-11/h2*2,5-6,9-11H,1,3-4,7-8,14H2. The van der Waals surface area contributed by atoms with E-state index < -0.39 is 0 Å². The molecule has 2 fully saturated rings. The van der Waals surface area contributed by atoms with E-state index >= 15 is 0 Å². The van der Waals surface area contributed by atoms with E-state index in [0.717, 1.165) is 42.0 Å². The lowest BCUT2D eigenvalue weighted by atomic mass is 9.88. The zero-order valence-corrected chi connectivity index (χ0v) is 19.7. The number of carbonyl (C=O) groups excluding carboxylic acids is 1. The summed E-state index contributed by atoms with van der Waals surface area (Å²) >= 11 is 5.48. The second kappa shape index (κ2) is 12.7. The van der Waals surface area contributed by atoms with Gasteiger partial charge in [-0.1, -0.05) is 87.1 Å². The Morgan fingerprint density at radius 1 is 0.656 bits per heavy atom. The summed E-state index contributed by atoms with van der Waals surface area (Å²) < 4.78 is 0. The number of benzene rings is 2. The van der Waals surface area contributed by atoms with Crippen molar-refractivity contribution in [3.63, 3.8) is 0 Å². The average Bonchev–Trinajstić information content (AvgIpc) is 2.89. The van der Waals surface area contributed by atoms with Gasteiger partial charge in [0.05, 0.1) is 11.4 Å². The number of hydrogen-bond donors (Lipinski definition) is 2. The predicted molar refractivity (Wildman–Crippen MR) is 137 cm³/mol. The lowest BCUT2D eigenvalue weighted by Crippen LogP contribution is -2.42. The number of rotatable bonds is 4. The fraction of sp³-hybridized carbons (Fsp3) is 0.462. The molecule has 2 aliphatic rings. The molecule has 4 rings (SSSR count). The van der Waals surface area contributed by atoms with Gasteiger partial charge in [0.25, 0.3) is 0 Å². The van der Waals surface area contributed by atoms with E-state index in [9.17, 15) is 4.79 Å². The molecule has 32 heavy (non-hydrogen) atoms. The maximum atomic E-state index is 12.1. The van der Waals surface area contributed by atoms with Crippen molar-refractivity contribution in [2.45, 2.75) is 64.2 Å². The highest BCUT2D eigenvalue weighted by Crippen LogP contribution is 2.27. The minimum atomic E-state index is 0.0610. The first-order valence-electron chi connectivity index (χ1n) is 11.9. The van der Waals surface area contributed by atoms with Crippen molar-refractivity contribution in [1.82, 2.24) is 0 Å². The van der Waals surface area contributed by atoms with Crippen molar-refractivity contribution >= 4 is 34.5 Å². The molecule has 2 saturated carbocycles. The van der Waals surface area contributed by atoms with Crippen molar-refractivity contribution in [1.29, 1.82) is 0 Å². The smallest absolute Gasteiger partial charge is 0.244 e. The van der Waals surface area contributed by atoms with Crippen molar-refractivity contribution in [2.24, 2.45) is 23.5 Å². The van der Waals surface area contributed by atoms with Gasteiger partial charge in [-0.05, 0) is 49.9 Å². The zero-order valence-electron chi connectivity index (χ0n) is 18.9. The Labute approximate surface area is 197 Å². The third kappa shape index (κ3) is 6.86. The summed E-state index contributed by atoms with van der Waals surface area (Å²) in [4.78, 5) is 13.0. The largest absolute Gasteiger partial charge is 0.273 e. The van der Waals surface area contributed by atoms with E-state index in [0.29, 0.717) is 5.92 Å². The van der Waals surface area contributed by atoms with Crippen LogP contribution < -0.4 is 21.7 Å². The molecule has 2 aromatic carbocycles. The van der Waals surface area contributed by atoms with E-state index in [1.54, 1.807) is 5.01 Å². The van der Waals surface area contributed by atoms with Gasteiger partial charge >= 0.3 is 0 Å². The number of nitrogens with zero attached hydrogens (tertiary/aromatic N) is 2. The molecule has 0 aliphatic heterocycles. The fourth-order valence-corrected chi connectivity index (χ4v) is 4.87. The summed E-state index contributed by atoms with van der Waals surface area (Å²) in [6, 6.07) is 19.4. The third-order valence-corrected chi connectivity index (χ3v) is 6.98. The first kappa shape index (κ1) is 24.4. The van der Waals surface area contributed by atoms with Gasteiger partial charge in [-0.15, -0.1) is 0 Å². The highest BCUT2D eigenvalue weighted by Gasteiger charge is 2.25. The van der Waals surface area contributed by atoms with E-state index in [-0.39, 0.29) is 11.8 Å². The SMILES string of the molecule is NN(C(=O)C1CCCCC1)c1ccccc1.NN(C(=S)C1CCCCC1)c1ccccc1. The number of hydrogen-bond acceptors (Lipinski definition) is 4. The number of anilines is 2. The first-order chi connectivity index (χ1) is 15.6. The Balaban J connectivity index is 0.000000181. The molecule has 0 radical (unpaired) electrons. The van der Waals surface area contributed by atoms with Crippen LogP contribution in [0.4, 0.5) is 11.4 Å². The topological polar surface area (TPSA) is 75.6 Å². The van der Waals surface area contributed by atoms with Crippen LogP contribution >= 0.6 is 12.2 Å². The molecule has 4 N–H and O–H groups in total. The Hall–Kier alpha value is -2.28. The van der Waals surface area contributed by atoms with Crippen LogP contribution in [0.5, 0.6) is 0 Å². The summed E-state index contributed by atoms with van der Waals surface area (Å²) in [5.74, 6) is 12.6. The Kier molecular flexibility index (Phi) is 9.65. The normalized spacial score (nSPS) is 17.1. The number of hydrazine groups is 2. The number of amides is 1. The molecular formula is C26H36N4OS. The van der Waals surface area contributed by atoms with Crippen LogP contribution in [0.2, 0.25) is 0 Å². The van der Waals surface area contributed by atoms with Gasteiger partial charge in [0.2, 0.25) is 5.91 Å². The van der Waals surface area contributed by atoms with E-state index in [1.165, 1.54) is 43.5 Å². The van der Waals surface area contributed by atoms with Gasteiger partial charge in [0.1, 0.15) is 4.99 Å². The Bertz CT molecular complexity index is 762. The molecule has 0 unspecified atom stereocenters. The van der Waals surface area contributed by atoms with Crippen LogP contribution in [-0.4, -0.2) is 10.9 Å². The summed E-state index contributed by atoms with van der Waals surface area (Å²) in [6.45, 7) is 0. The predicted octanol–water partition coefficient (Wildman–Crippen LogP) is 5.75. The number of thiocarbonyl (C=S) groups is 1. The summed E-state index contributed by atoms with van der Waals surface area (Å²) in [7, 11) is 0. The summed E-state index contributed by atoms with van der Waals surface area (Å²) in [6.07, 6.45) is 11.8. The molecule has 5 nitrogen and oxygen atoms in total. The van der Waals surface area contributed by atoms with Gasteiger partial charge in [-0.25, -0.2) is 16.7 Å². The maximum absolute atomic E-state index is 12.1. The minimum Gasteiger partial charge on any atom is -0.273 e. The van der Waals surface area contributed by atoms with Crippen molar-refractivity contribution in [3.05, 3.63) is 60.7 Å². The van der Waals surface area contributed by atoms with E-state index in [2.05, 4.69) is 0 Å². The van der Waals surface area contributed by atoms with Crippen molar-refractivity contribution in [3.8, 4) is 0 Å². The van der Waals surface area contributed by atoms with Crippen LogP contribution in [0.1, 0.15) is 64.2 Å². The second-order valence-electron chi connectivity index (χ2n) is 8.76. The van der Waals surface area contributed by atoms with Crippen LogP contribution in [0.3, 0.4) is 0 Å². The molecule has 0 aromatic heterocycles. The van der Waals surface area contributed by atoms with Crippen LogP contribution in [-0.2, 0) is 4.79 Å². The van der Waals surface area contributed by atoms with E-state index in [1.807, 2.05) is 60.7 Å². The summed E-state index contributed by atoms with van der Waals surface area (Å²) in [5, 5.41) is 2.97. The molecule has 0 bridgehead atoms. The van der Waals surface area contributed by atoms with Gasteiger partial charge in [-0.2, -0.15) is 0 Å². The number of para-hydroxylation sites is 2. The second-order valence-corrected chi connectivity index (χ2v) is 9.18. The quantitative estimate of drug-likeness (QED) is 0.267. The number of carbonyl (C=O) groups is 1. The van der Waals surface area contributed by atoms with Gasteiger partial charge in [0.15, 0.2) is 0 Å². The monoisotopic (exact) mass is 452 g/mol. The highest BCUT2D eigenvalue weighted by molar-refractivity contribution is 7.80. The van der Waals surface area contributed by atoms with Crippen LogP contribution in [0.15, 0.2) is 60.7 Å². The molecule has 1 amide bonds. The molecular weight excluding hydrogens is 416 g/mol. The molecule has 0 heterocycles. The Morgan fingerprint density at radius 2 is 1.06 bits per heavy atom. The summed E-state index contributed by atoms with van der Waals surface area (Å²) in [5.41, 5.74) is 1.76. The minimum absolute atomic E-state index is 0.0610. The highest BCUT2D eigenvalue weighted by atomic mass is 32.1. The van der Waals surface area contributed by atoms with Gasteiger partial charge in [-0.3, -0.25) is 9.80 Å². The zero-order chi connectivity index (χ0) is 22.8. The van der Waals surface area contributed by atoms with Gasteiger partial charge < -0.3 is 0 Å². The molecule has 2 aliphatic carbocycles. The van der Waals surface area contributed by atoms with Crippen molar-refractivity contribution in [2.75, 3.05) is 10.0 Å². The van der Waals surface area contributed by atoms with Crippen LogP contribution in [0, 0.1) is 11.8 Å². The first-order valence-corrected chi connectivity index (χ1v) is 12.3. The molecule has 2 aromatic rings. The fourth-order valence-electron chi connectivity index (χ4n) is 4.52. The Morgan fingerprint density at radius 3 is 1.53 bits per heavy atom. The van der Waals surface area contributed by atoms with Crippen LogP contribution in [0.25, 0.3) is 0 Å². The molecule has 172 valence electrons. The molecule has 6 heteroatoms. The molecule has 0 saturated heterocycles. The van der Waals surface area contributed by atoms with E-state index in [4.69, 9.17) is 23.9 Å². The third-order valence-electron chi connectivity index (χ3n) is 6.45.